The van der Waals surface area contributed by atoms with Gasteiger partial charge in [-0.3, -0.25) is 58.3 Å². The first-order valence-electron chi connectivity index (χ1n) is 30.0. The second-order valence-electron chi connectivity index (χ2n) is 26.0. The van der Waals surface area contributed by atoms with Crippen molar-refractivity contribution >= 4 is 76.4 Å². The van der Waals surface area contributed by atoms with Crippen molar-refractivity contribution < 1.29 is 78.3 Å². The number of nitrogens with two attached hydrogens (primary N) is 6. The minimum atomic E-state index is -3.49. The Hall–Kier alpha value is -7.26. The number of carboxylic acid groups (broad SMARTS) is 1. The largest absolute Gasteiger partial charge is 0.480 e. The number of carbonyl (C=O) groups is 11. The van der Waals surface area contributed by atoms with Gasteiger partial charge in [-0.15, -0.1) is 0 Å². The number of nitrogen functional groups attached to an aromatic ring is 1. The third-order valence-corrected chi connectivity index (χ3v) is 14.9. The van der Waals surface area contributed by atoms with Crippen molar-refractivity contribution in [1.82, 2.24) is 42.1 Å². The van der Waals surface area contributed by atoms with Crippen molar-refractivity contribution in [3.8, 4) is 0 Å². The maximum atomic E-state index is 16.6. The molecule has 0 aliphatic rings. The molecule has 1 aromatic rings. The van der Waals surface area contributed by atoms with Gasteiger partial charge in [0.25, 0.3) is 5.91 Å². The molecule has 14 atom stereocenters. The Labute approximate surface area is 526 Å². The van der Waals surface area contributed by atoms with Gasteiger partial charge in [0.15, 0.2) is 23.1 Å². The van der Waals surface area contributed by atoms with E-state index in [-0.39, 0.29) is 43.5 Å². The van der Waals surface area contributed by atoms with Crippen molar-refractivity contribution in [1.29, 1.82) is 5.41 Å². The lowest BCUT2D eigenvalue weighted by Gasteiger charge is -2.49. The summed E-state index contributed by atoms with van der Waals surface area (Å²) in [6.07, 6.45) is -4.74. The first-order chi connectivity index (χ1) is 41.4. The molecule has 0 spiro atoms. The molecule has 2 unspecified atom stereocenters. The molecule has 25 N–H and O–H groups in total. The van der Waals surface area contributed by atoms with Gasteiger partial charge in [0.1, 0.15) is 36.3 Å². The van der Waals surface area contributed by atoms with Crippen molar-refractivity contribution in [2.45, 2.75) is 201 Å². The minimum Gasteiger partial charge on any atom is -0.480 e. The first kappa shape index (κ1) is 80.8. The van der Waals surface area contributed by atoms with E-state index in [1.807, 2.05) is 5.32 Å². The lowest BCUT2D eigenvalue weighted by Crippen LogP contribution is -2.79. The second-order valence-corrected chi connectivity index (χ2v) is 26.0. The number of rotatable bonds is 37. The number of carbonyl (C=O) groups excluding carboxylic acids is 10. The molecule has 0 fully saturated rings. The number of nitrogens with zero attached hydrogens (tertiary/aromatic N) is 1. The topological polar surface area (TPSA) is 556 Å². The number of anilines is 1. The van der Waals surface area contributed by atoms with Crippen LogP contribution in [0.1, 0.15) is 128 Å². The number of aliphatic hydroxyl groups is 4. The molecule has 0 aliphatic carbocycles. The van der Waals surface area contributed by atoms with Crippen LogP contribution in [0.15, 0.2) is 24.3 Å². The highest BCUT2D eigenvalue weighted by Crippen LogP contribution is 2.39. The highest BCUT2D eigenvalue weighted by atomic mass is 16.4. The number of guanidine groups is 1. The van der Waals surface area contributed by atoms with Crippen LogP contribution in [-0.4, -0.2) is 200 Å². The number of carboxylic acids is 1. The zero-order valence-corrected chi connectivity index (χ0v) is 54.2. The van der Waals surface area contributed by atoms with Crippen molar-refractivity contribution in [2.75, 3.05) is 32.0 Å². The molecule has 8 amide bonds. The SMILES string of the molecule is CCC(C)[C@H](NC(=O)[C@@H](CCCNC(=N)N)NC(=O)[C@](C(=O)[C@@H](N)CC(C)(C)C)(C(C(=O)[C@@H](N)Cc1cccc(N)c1)C(C)C)N(C(=O)[C@H](N)CC(C)(C)C)C(=O)[C@@H](N)[C@H](O)C(C)C)C(=O)N[C@H](C(=O)NCC(=O)N[C@@H](CO)C(=O)N[C@@H](CO)C(=O)O)[C@H](C)O. The van der Waals surface area contributed by atoms with Gasteiger partial charge in [0.2, 0.25) is 41.4 Å². The summed E-state index contributed by atoms with van der Waals surface area (Å²) in [6, 6.07) is -10.1. The average molecular weight is 1280 g/mol. The fraction of sp³-hybridized carbons (Fsp3) is 0.695. The second kappa shape index (κ2) is 36.0. The maximum absolute atomic E-state index is 16.6. The third-order valence-electron chi connectivity index (χ3n) is 14.9. The summed E-state index contributed by atoms with van der Waals surface area (Å²) in [7, 11) is 0. The van der Waals surface area contributed by atoms with E-state index in [0.29, 0.717) is 11.3 Å². The van der Waals surface area contributed by atoms with Gasteiger partial charge >= 0.3 is 5.97 Å². The molecule has 0 heterocycles. The lowest BCUT2D eigenvalue weighted by molar-refractivity contribution is -0.174. The van der Waals surface area contributed by atoms with E-state index in [1.165, 1.54) is 40.7 Å². The fourth-order valence-corrected chi connectivity index (χ4v) is 10.0. The number of amides is 8. The molecule has 0 aliphatic heterocycles. The molecule has 0 saturated carbocycles. The van der Waals surface area contributed by atoms with E-state index >= 15 is 28.8 Å². The predicted octanol–water partition coefficient (Wildman–Crippen LogP) is -4.19. The van der Waals surface area contributed by atoms with Gasteiger partial charge in [-0.25, -0.2) is 4.79 Å². The molecule has 0 saturated heterocycles. The van der Waals surface area contributed by atoms with E-state index in [2.05, 4.69) is 31.9 Å². The normalized spacial score (nSPS) is 16.9. The molecule has 1 aromatic carbocycles. The lowest BCUT2D eigenvalue weighted by atomic mass is 9.65. The Morgan fingerprint density at radius 2 is 1.20 bits per heavy atom. The third kappa shape index (κ3) is 23.8. The zero-order chi connectivity index (χ0) is 69.7. The Morgan fingerprint density at radius 1 is 0.656 bits per heavy atom. The molecule has 0 bridgehead atoms. The molecular weight excluding hydrogens is 1170 g/mol. The van der Waals surface area contributed by atoms with Crippen molar-refractivity contribution in [2.24, 2.45) is 63.2 Å². The van der Waals surface area contributed by atoms with Crippen LogP contribution in [0.5, 0.6) is 0 Å². The van der Waals surface area contributed by atoms with Crippen LogP contribution in [0.2, 0.25) is 0 Å². The van der Waals surface area contributed by atoms with E-state index in [9.17, 15) is 49.5 Å². The first-order valence-corrected chi connectivity index (χ1v) is 30.0. The van der Waals surface area contributed by atoms with E-state index < -0.39 is 204 Å². The Balaban J connectivity index is 4.50. The van der Waals surface area contributed by atoms with Crippen LogP contribution in [0.3, 0.4) is 0 Å². The van der Waals surface area contributed by atoms with Crippen LogP contribution in [0.4, 0.5) is 5.69 Å². The minimum absolute atomic E-state index is 0.128. The molecule has 31 heteroatoms. The molecule has 0 radical (unpaired) electrons. The van der Waals surface area contributed by atoms with Crippen LogP contribution in [0, 0.1) is 39.9 Å². The standard InChI is InChI=1S/C59H103N15O16/c1-14-30(6)43(51(85)73-44(31(7)77)50(84)68-25-40(78)69-38(26-75)49(83)70-39(27-76)54(88)89)72-48(82)37(19-16-20-67-56(65)66)71-55(90)59(47(81)35(62)23-57(8,9)10,41(28(2)3)46(80)34(61)22-32-17-15-18-33(60)21-32)74(52(86)36(63)24-58(11,12)13)53(87)42(64)45(79)29(4)5/h15,17-18,21,28-31,34-39,41-45,75-77,79H,14,16,19-20,22-27,60-64H2,1-13H3,(H,68,84)(H,69,78)(H,70,83)(H,71,90)(H,72,82)(H,73,85)(H,88,89)(H4,65,66,67)/t30?,31-,34-,35-,36+,37+,38-,39-,41?,42-,43-,44-,45+,59+/m0/s1. The molecule has 510 valence electrons. The average Bonchev–Trinajstić information content (AvgIpc) is 0.721. The predicted molar refractivity (Wildman–Crippen MR) is 333 cm³/mol. The maximum Gasteiger partial charge on any atom is 0.328 e. The van der Waals surface area contributed by atoms with Gasteiger partial charge in [-0.2, -0.15) is 0 Å². The number of Topliss-reactive ketones (excluding diaryl/α,β-unsaturated/α-hetero) is 2. The number of hydrogen-bond acceptors (Lipinski definition) is 21. The fourth-order valence-electron chi connectivity index (χ4n) is 10.0. The number of nitrogens with one attached hydrogen (secondary N) is 8. The summed E-state index contributed by atoms with van der Waals surface area (Å²) in [5.41, 5.74) is 34.3. The van der Waals surface area contributed by atoms with Crippen LogP contribution < -0.4 is 71.6 Å². The summed E-state index contributed by atoms with van der Waals surface area (Å²) in [4.78, 5) is 160. The summed E-state index contributed by atoms with van der Waals surface area (Å²) >= 11 is 0. The molecule has 31 nitrogen and oxygen atoms in total. The van der Waals surface area contributed by atoms with Crippen LogP contribution >= 0.6 is 0 Å². The van der Waals surface area contributed by atoms with Crippen LogP contribution in [-0.2, 0) is 59.2 Å². The highest BCUT2D eigenvalue weighted by Gasteiger charge is 2.66. The monoisotopic (exact) mass is 1280 g/mol. The van der Waals surface area contributed by atoms with Gasteiger partial charge in [-0.1, -0.05) is 102 Å². The van der Waals surface area contributed by atoms with Gasteiger partial charge < -0.3 is 97.2 Å². The Bertz CT molecular complexity index is 2660. The Morgan fingerprint density at radius 3 is 1.68 bits per heavy atom. The molecule has 1 rings (SSSR count). The molecular formula is C59H103N15O16. The number of aliphatic hydroxyl groups excluding tert-OH is 4. The Kier molecular flexibility index (Phi) is 32.3. The van der Waals surface area contributed by atoms with Crippen molar-refractivity contribution in [3.63, 3.8) is 0 Å². The van der Waals surface area contributed by atoms with E-state index in [1.54, 1.807) is 66.7 Å². The highest BCUT2D eigenvalue weighted by molar-refractivity contribution is 6.22. The van der Waals surface area contributed by atoms with Gasteiger partial charge in [-0.05, 0) is 85.3 Å². The smallest absolute Gasteiger partial charge is 0.328 e. The number of imide groups is 1. The van der Waals surface area contributed by atoms with E-state index in [0.717, 1.165) is 6.92 Å². The quantitative estimate of drug-likeness (QED) is 0.00988. The molecule has 90 heavy (non-hydrogen) atoms. The number of hydrogen-bond donors (Lipinski definition) is 19. The summed E-state index contributed by atoms with van der Waals surface area (Å²) < 4.78 is 0. The van der Waals surface area contributed by atoms with Gasteiger partial charge in [0.05, 0.1) is 56.0 Å². The van der Waals surface area contributed by atoms with E-state index in [4.69, 9.17) is 39.8 Å². The van der Waals surface area contributed by atoms with Crippen LogP contribution in [0.25, 0.3) is 0 Å². The zero-order valence-electron chi connectivity index (χ0n) is 54.2. The number of benzene rings is 1. The summed E-state index contributed by atoms with van der Waals surface area (Å²) in [5.74, 6) is -20.1. The van der Waals surface area contributed by atoms with Crippen molar-refractivity contribution in [3.05, 3.63) is 29.8 Å². The number of aliphatic carboxylic acids is 1. The summed E-state index contributed by atoms with van der Waals surface area (Å²) in [5, 5.41) is 74.5. The summed E-state index contributed by atoms with van der Waals surface area (Å²) in [6.45, 7) is 17.1. The van der Waals surface area contributed by atoms with Gasteiger partial charge in [0, 0.05) is 12.2 Å². The molecule has 0 aromatic heterocycles. The number of ketones is 2.